The maximum atomic E-state index is 12.5. The van der Waals surface area contributed by atoms with Crippen molar-refractivity contribution in [1.82, 2.24) is 10.2 Å². The van der Waals surface area contributed by atoms with Gasteiger partial charge in [0.25, 0.3) is 0 Å². The molecule has 2 rings (SSSR count). The summed E-state index contributed by atoms with van der Waals surface area (Å²) in [6.45, 7) is 8.19. The lowest BCUT2D eigenvalue weighted by Gasteiger charge is -2.33. The Morgan fingerprint density at radius 1 is 1.30 bits per heavy atom. The van der Waals surface area contributed by atoms with E-state index < -0.39 is 0 Å². The molecule has 1 fully saturated rings. The highest BCUT2D eigenvalue weighted by atomic mass is 16.2. The lowest BCUT2D eigenvalue weighted by atomic mass is 9.91. The second-order valence-corrected chi connectivity index (χ2v) is 6.58. The van der Waals surface area contributed by atoms with Crippen molar-refractivity contribution >= 4 is 5.91 Å². The van der Waals surface area contributed by atoms with Gasteiger partial charge in [0.15, 0.2) is 0 Å². The third-order valence-electron chi connectivity index (χ3n) is 4.20. The first-order valence-electron chi connectivity index (χ1n) is 7.46. The summed E-state index contributed by atoms with van der Waals surface area (Å²) in [6.07, 6.45) is 2.11. The number of amides is 1. The third kappa shape index (κ3) is 3.60. The molecule has 0 unspecified atom stereocenters. The van der Waals surface area contributed by atoms with Crippen molar-refractivity contribution in [2.75, 3.05) is 20.1 Å². The van der Waals surface area contributed by atoms with Crippen LogP contribution in [0.2, 0.25) is 0 Å². The molecule has 0 aliphatic carbocycles. The molecule has 1 aliphatic rings. The summed E-state index contributed by atoms with van der Waals surface area (Å²) in [4.78, 5) is 14.7. The quantitative estimate of drug-likeness (QED) is 0.919. The van der Waals surface area contributed by atoms with Crippen molar-refractivity contribution in [2.24, 2.45) is 5.92 Å². The van der Waals surface area contributed by atoms with Crippen LogP contribution in [0.4, 0.5) is 0 Å². The van der Waals surface area contributed by atoms with E-state index in [0.717, 1.165) is 31.5 Å². The molecule has 3 nitrogen and oxygen atoms in total. The minimum Gasteiger partial charge on any atom is -0.347 e. The Labute approximate surface area is 122 Å². The minimum atomic E-state index is -0.319. The van der Waals surface area contributed by atoms with Crippen molar-refractivity contribution in [3.05, 3.63) is 35.4 Å². The number of nitrogens with one attached hydrogen (secondary N) is 1. The highest BCUT2D eigenvalue weighted by molar-refractivity contribution is 5.80. The Hall–Kier alpha value is -1.35. The number of nitrogens with zero attached hydrogens (tertiary/aromatic N) is 1. The number of piperidine rings is 1. The molecular formula is C17H26N2O. The number of hydrogen-bond donors (Lipinski definition) is 1. The normalized spacial score (nSPS) is 20.7. The number of likely N-dealkylation sites (tertiary alicyclic amines) is 1. The van der Waals surface area contributed by atoms with Crippen LogP contribution in [0.15, 0.2) is 24.3 Å². The second kappa shape index (κ2) is 5.96. The maximum Gasteiger partial charge on any atom is 0.225 e. The molecule has 110 valence electrons. The summed E-state index contributed by atoms with van der Waals surface area (Å²) in [7, 11) is 2.09. The van der Waals surface area contributed by atoms with Crippen LogP contribution >= 0.6 is 0 Å². The fraction of sp³-hybridized carbons (Fsp3) is 0.588. The monoisotopic (exact) mass is 274 g/mol. The molecule has 0 aromatic heterocycles. The Kier molecular flexibility index (Phi) is 4.48. The smallest absolute Gasteiger partial charge is 0.225 e. The van der Waals surface area contributed by atoms with Gasteiger partial charge in [-0.25, -0.2) is 0 Å². The van der Waals surface area contributed by atoms with E-state index in [-0.39, 0.29) is 17.4 Å². The third-order valence-corrected chi connectivity index (χ3v) is 4.20. The molecule has 3 heteroatoms. The zero-order valence-corrected chi connectivity index (χ0v) is 13.1. The first-order chi connectivity index (χ1) is 9.38. The molecule has 1 aliphatic heterocycles. The first kappa shape index (κ1) is 15.0. The Balaban J connectivity index is 2.03. The average molecular weight is 274 g/mol. The van der Waals surface area contributed by atoms with E-state index in [2.05, 4.69) is 62.3 Å². The highest BCUT2D eigenvalue weighted by Crippen LogP contribution is 2.23. The number of aryl methyl sites for hydroxylation is 1. The summed E-state index contributed by atoms with van der Waals surface area (Å²) in [5.41, 5.74) is 2.08. The highest BCUT2D eigenvalue weighted by Gasteiger charge is 2.29. The fourth-order valence-electron chi connectivity index (χ4n) is 2.83. The summed E-state index contributed by atoms with van der Waals surface area (Å²) in [6, 6.07) is 8.39. The van der Waals surface area contributed by atoms with Gasteiger partial charge in [0.2, 0.25) is 5.91 Å². The van der Waals surface area contributed by atoms with E-state index in [4.69, 9.17) is 0 Å². The maximum absolute atomic E-state index is 12.5. The predicted octanol–water partition coefficient (Wildman–Crippen LogP) is 2.69. The summed E-state index contributed by atoms with van der Waals surface area (Å²) >= 11 is 0. The molecule has 1 aromatic carbocycles. The predicted molar refractivity (Wildman–Crippen MR) is 82.6 cm³/mol. The standard InChI is InChI=1S/C17H26N2O/c1-13-7-9-15(10-8-13)17(2,3)18-16(20)14-6-5-11-19(4)12-14/h7-10,14H,5-6,11-12H2,1-4H3,(H,18,20)/t14-/m0/s1. The fourth-order valence-corrected chi connectivity index (χ4v) is 2.83. The summed E-state index contributed by atoms with van der Waals surface area (Å²) < 4.78 is 0. The molecule has 0 bridgehead atoms. The lowest BCUT2D eigenvalue weighted by molar-refractivity contribution is -0.128. The van der Waals surface area contributed by atoms with Gasteiger partial charge in [0.05, 0.1) is 11.5 Å². The van der Waals surface area contributed by atoms with Gasteiger partial charge in [0, 0.05) is 6.54 Å². The molecule has 1 atom stereocenters. The van der Waals surface area contributed by atoms with E-state index in [1.54, 1.807) is 0 Å². The van der Waals surface area contributed by atoms with Gasteiger partial charge < -0.3 is 10.2 Å². The van der Waals surface area contributed by atoms with E-state index >= 15 is 0 Å². The molecule has 1 heterocycles. The number of carbonyl (C=O) groups excluding carboxylic acids is 1. The van der Waals surface area contributed by atoms with Gasteiger partial charge in [-0.2, -0.15) is 0 Å². The van der Waals surface area contributed by atoms with Crippen LogP contribution < -0.4 is 5.32 Å². The van der Waals surface area contributed by atoms with E-state index in [0.29, 0.717) is 0 Å². The Morgan fingerprint density at radius 2 is 1.95 bits per heavy atom. The first-order valence-corrected chi connectivity index (χ1v) is 7.46. The summed E-state index contributed by atoms with van der Waals surface area (Å²) in [5.74, 6) is 0.306. The summed E-state index contributed by atoms with van der Waals surface area (Å²) in [5, 5.41) is 3.22. The zero-order chi connectivity index (χ0) is 14.8. The van der Waals surface area contributed by atoms with Gasteiger partial charge >= 0.3 is 0 Å². The molecule has 20 heavy (non-hydrogen) atoms. The average Bonchev–Trinajstić information content (AvgIpc) is 2.38. The van der Waals surface area contributed by atoms with Crippen LogP contribution in [0.5, 0.6) is 0 Å². The number of benzene rings is 1. The van der Waals surface area contributed by atoms with Gasteiger partial charge in [-0.15, -0.1) is 0 Å². The van der Waals surface area contributed by atoms with E-state index in [1.807, 2.05) is 0 Å². The molecule has 0 saturated carbocycles. The molecule has 0 radical (unpaired) electrons. The molecular weight excluding hydrogens is 248 g/mol. The van der Waals surface area contributed by atoms with Crippen molar-refractivity contribution in [3.63, 3.8) is 0 Å². The van der Waals surface area contributed by atoms with Crippen molar-refractivity contribution in [2.45, 2.75) is 39.2 Å². The molecule has 1 amide bonds. The molecule has 1 aromatic rings. The van der Waals surface area contributed by atoms with Crippen LogP contribution in [0.3, 0.4) is 0 Å². The molecule has 0 spiro atoms. The van der Waals surface area contributed by atoms with Crippen LogP contribution in [-0.2, 0) is 10.3 Å². The second-order valence-electron chi connectivity index (χ2n) is 6.58. The van der Waals surface area contributed by atoms with Crippen LogP contribution in [0.1, 0.15) is 37.8 Å². The van der Waals surface area contributed by atoms with Gasteiger partial charge in [-0.1, -0.05) is 29.8 Å². The number of rotatable bonds is 3. The van der Waals surface area contributed by atoms with Crippen LogP contribution in [0, 0.1) is 12.8 Å². The number of hydrogen-bond acceptors (Lipinski definition) is 2. The van der Waals surface area contributed by atoms with Gasteiger partial charge in [0.1, 0.15) is 0 Å². The topological polar surface area (TPSA) is 32.3 Å². The van der Waals surface area contributed by atoms with E-state index in [1.165, 1.54) is 5.56 Å². The van der Waals surface area contributed by atoms with Crippen LogP contribution in [-0.4, -0.2) is 30.9 Å². The van der Waals surface area contributed by atoms with E-state index in [9.17, 15) is 4.79 Å². The Morgan fingerprint density at radius 3 is 2.55 bits per heavy atom. The van der Waals surface area contributed by atoms with Gasteiger partial charge in [-0.3, -0.25) is 4.79 Å². The molecule has 1 saturated heterocycles. The van der Waals surface area contributed by atoms with Crippen molar-refractivity contribution < 1.29 is 4.79 Å². The SMILES string of the molecule is Cc1ccc(C(C)(C)NC(=O)[C@H]2CCCN(C)C2)cc1. The van der Waals surface area contributed by atoms with Crippen molar-refractivity contribution in [1.29, 1.82) is 0 Å². The molecule has 1 N–H and O–H groups in total. The van der Waals surface area contributed by atoms with Crippen molar-refractivity contribution in [3.8, 4) is 0 Å². The number of carbonyl (C=O) groups is 1. The van der Waals surface area contributed by atoms with Crippen LogP contribution in [0.25, 0.3) is 0 Å². The van der Waals surface area contributed by atoms with Gasteiger partial charge in [-0.05, 0) is 52.8 Å². The lowest BCUT2D eigenvalue weighted by Crippen LogP contribution is -2.48. The Bertz CT molecular complexity index is 464. The largest absolute Gasteiger partial charge is 0.347 e. The zero-order valence-electron chi connectivity index (χ0n) is 13.1. The minimum absolute atomic E-state index is 0.124.